The molecule has 1 aromatic rings. The van der Waals surface area contributed by atoms with Gasteiger partial charge in [-0.15, -0.1) is 0 Å². The summed E-state index contributed by atoms with van der Waals surface area (Å²) in [5.74, 6) is 0. The smallest absolute Gasteiger partial charge is 0.266 e. The van der Waals surface area contributed by atoms with Crippen LogP contribution in [0.4, 0.5) is 0 Å². The average molecular weight is 168 g/mol. The summed E-state index contributed by atoms with van der Waals surface area (Å²) in [5, 5.41) is 12.6. The lowest BCUT2D eigenvalue weighted by atomic mass is 10.2. The minimum atomic E-state index is -0.109. The highest BCUT2D eigenvalue weighted by atomic mass is 16.2. The molecule has 1 rings (SSSR count). The second-order valence-corrected chi connectivity index (χ2v) is 2.61. The van der Waals surface area contributed by atoms with Gasteiger partial charge in [0.25, 0.3) is 5.56 Å². The van der Waals surface area contributed by atoms with Gasteiger partial charge in [0.1, 0.15) is 0 Å². The van der Waals surface area contributed by atoms with Gasteiger partial charge in [0.05, 0.1) is 5.69 Å². The monoisotopic (exact) mass is 168 g/mol. The summed E-state index contributed by atoms with van der Waals surface area (Å²) < 4.78 is 1.30. The summed E-state index contributed by atoms with van der Waals surface area (Å²) in [5.41, 5.74) is 0.730. The normalized spacial score (nSPS) is 10.2. The second-order valence-electron chi connectivity index (χ2n) is 2.61. The maximum atomic E-state index is 10.9. The molecule has 0 fully saturated rings. The minimum Gasteiger partial charge on any atom is -0.396 e. The van der Waals surface area contributed by atoms with E-state index in [1.807, 2.05) is 0 Å². The third kappa shape index (κ3) is 2.17. The molecular formula is C8H12N2O2. The number of hydrogen-bond donors (Lipinski definition) is 1. The number of rotatable bonds is 3. The Morgan fingerprint density at radius 1 is 1.58 bits per heavy atom. The van der Waals surface area contributed by atoms with Crippen LogP contribution >= 0.6 is 0 Å². The molecule has 0 aliphatic carbocycles. The highest BCUT2D eigenvalue weighted by molar-refractivity contribution is 5.00. The summed E-state index contributed by atoms with van der Waals surface area (Å²) in [6.07, 6.45) is 1.40. The first-order valence-corrected chi connectivity index (χ1v) is 3.88. The van der Waals surface area contributed by atoms with Gasteiger partial charge < -0.3 is 5.11 Å². The van der Waals surface area contributed by atoms with Gasteiger partial charge in [-0.3, -0.25) is 4.79 Å². The highest BCUT2D eigenvalue weighted by Gasteiger charge is 1.95. The van der Waals surface area contributed by atoms with Gasteiger partial charge in [0.2, 0.25) is 0 Å². The van der Waals surface area contributed by atoms with Crippen LogP contribution in [0.3, 0.4) is 0 Å². The van der Waals surface area contributed by atoms with E-state index < -0.39 is 0 Å². The Bertz CT molecular complexity index is 306. The van der Waals surface area contributed by atoms with Crippen molar-refractivity contribution in [1.29, 1.82) is 0 Å². The van der Waals surface area contributed by atoms with Crippen molar-refractivity contribution in [3.05, 3.63) is 28.2 Å². The molecule has 0 bridgehead atoms. The molecule has 0 atom stereocenters. The van der Waals surface area contributed by atoms with Crippen molar-refractivity contribution in [3.63, 3.8) is 0 Å². The fourth-order valence-corrected chi connectivity index (χ4v) is 0.944. The minimum absolute atomic E-state index is 0.109. The Hall–Kier alpha value is -1.16. The van der Waals surface area contributed by atoms with E-state index in [0.29, 0.717) is 12.8 Å². The molecule has 1 aromatic heterocycles. The molecule has 0 amide bonds. The molecule has 4 heteroatoms. The average Bonchev–Trinajstić information content (AvgIpc) is 2.07. The van der Waals surface area contributed by atoms with Gasteiger partial charge in [-0.05, 0) is 18.9 Å². The molecule has 0 spiro atoms. The van der Waals surface area contributed by atoms with E-state index in [2.05, 4.69) is 5.10 Å². The van der Waals surface area contributed by atoms with Gasteiger partial charge in [0, 0.05) is 19.7 Å². The van der Waals surface area contributed by atoms with Crippen LogP contribution in [0.1, 0.15) is 12.1 Å². The molecule has 66 valence electrons. The summed E-state index contributed by atoms with van der Waals surface area (Å²) >= 11 is 0. The van der Waals surface area contributed by atoms with Crippen LogP contribution < -0.4 is 5.56 Å². The molecule has 0 aliphatic rings. The summed E-state index contributed by atoms with van der Waals surface area (Å²) in [6.45, 7) is 0.157. The Kier molecular flexibility index (Phi) is 2.99. The van der Waals surface area contributed by atoms with E-state index in [1.54, 1.807) is 13.1 Å². The van der Waals surface area contributed by atoms with Gasteiger partial charge in [0.15, 0.2) is 0 Å². The zero-order valence-corrected chi connectivity index (χ0v) is 7.03. The van der Waals surface area contributed by atoms with Crippen molar-refractivity contribution in [2.75, 3.05) is 6.61 Å². The summed E-state index contributed by atoms with van der Waals surface area (Å²) in [6, 6.07) is 3.18. The molecule has 4 nitrogen and oxygen atoms in total. The Morgan fingerprint density at radius 3 is 2.92 bits per heavy atom. The largest absolute Gasteiger partial charge is 0.396 e. The van der Waals surface area contributed by atoms with E-state index in [9.17, 15) is 4.79 Å². The standard InChI is InChI=1S/C8H12N2O2/c1-10-8(12)5-4-7(9-10)3-2-6-11/h4-5,11H,2-3,6H2,1H3. The van der Waals surface area contributed by atoms with E-state index in [4.69, 9.17) is 5.11 Å². The fourth-order valence-electron chi connectivity index (χ4n) is 0.944. The molecular weight excluding hydrogens is 156 g/mol. The fraction of sp³-hybridized carbons (Fsp3) is 0.500. The lowest BCUT2D eigenvalue weighted by molar-refractivity contribution is 0.287. The van der Waals surface area contributed by atoms with E-state index in [0.717, 1.165) is 5.69 Å². The van der Waals surface area contributed by atoms with Crippen LogP contribution in [-0.4, -0.2) is 21.5 Å². The Labute approximate surface area is 70.5 Å². The van der Waals surface area contributed by atoms with Crippen LogP contribution in [0, 0.1) is 0 Å². The Balaban J connectivity index is 2.75. The first-order chi connectivity index (χ1) is 5.74. The van der Waals surface area contributed by atoms with Crippen molar-refractivity contribution in [2.45, 2.75) is 12.8 Å². The highest BCUT2D eigenvalue weighted by Crippen LogP contribution is 1.94. The van der Waals surface area contributed by atoms with E-state index in [-0.39, 0.29) is 12.2 Å². The number of aromatic nitrogens is 2. The molecule has 1 N–H and O–H groups in total. The molecule has 0 unspecified atom stereocenters. The van der Waals surface area contributed by atoms with Crippen LogP contribution in [0.15, 0.2) is 16.9 Å². The van der Waals surface area contributed by atoms with Gasteiger partial charge in [-0.1, -0.05) is 0 Å². The number of nitrogens with zero attached hydrogens (tertiary/aromatic N) is 2. The SMILES string of the molecule is Cn1nc(CCCO)ccc1=O. The van der Waals surface area contributed by atoms with Crippen LogP contribution in [0.25, 0.3) is 0 Å². The third-order valence-electron chi connectivity index (χ3n) is 1.61. The molecule has 0 radical (unpaired) electrons. The lowest BCUT2D eigenvalue weighted by Gasteiger charge is -1.99. The van der Waals surface area contributed by atoms with Crippen LogP contribution in [0.2, 0.25) is 0 Å². The topological polar surface area (TPSA) is 55.1 Å². The van der Waals surface area contributed by atoms with Gasteiger partial charge in [-0.2, -0.15) is 5.10 Å². The lowest BCUT2D eigenvalue weighted by Crippen LogP contribution is -2.19. The van der Waals surface area contributed by atoms with Crippen LogP contribution in [-0.2, 0) is 13.5 Å². The zero-order chi connectivity index (χ0) is 8.97. The van der Waals surface area contributed by atoms with Crippen molar-refractivity contribution >= 4 is 0 Å². The summed E-state index contributed by atoms with van der Waals surface area (Å²) in [4.78, 5) is 10.9. The molecule has 0 aromatic carbocycles. The quantitative estimate of drug-likeness (QED) is 0.674. The first kappa shape index (κ1) is 8.93. The van der Waals surface area contributed by atoms with Gasteiger partial charge in [-0.25, -0.2) is 4.68 Å². The van der Waals surface area contributed by atoms with Crippen LogP contribution in [0.5, 0.6) is 0 Å². The summed E-state index contributed by atoms with van der Waals surface area (Å²) in [7, 11) is 1.62. The number of aryl methyl sites for hydroxylation is 2. The molecule has 0 saturated carbocycles. The third-order valence-corrected chi connectivity index (χ3v) is 1.61. The predicted octanol–water partition coefficient (Wildman–Crippen LogP) is -0.295. The van der Waals surface area contributed by atoms with Crippen molar-refractivity contribution in [1.82, 2.24) is 9.78 Å². The Morgan fingerprint density at radius 2 is 2.33 bits per heavy atom. The van der Waals surface area contributed by atoms with Crippen molar-refractivity contribution in [3.8, 4) is 0 Å². The van der Waals surface area contributed by atoms with Crippen molar-refractivity contribution in [2.24, 2.45) is 7.05 Å². The first-order valence-electron chi connectivity index (χ1n) is 3.88. The van der Waals surface area contributed by atoms with Gasteiger partial charge >= 0.3 is 0 Å². The molecule has 12 heavy (non-hydrogen) atoms. The second kappa shape index (κ2) is 4.01. The molecule has 0 saturated heterocycles. The van der Waals surface area contributed by atoms with E-state index >= 15 is 0 Å². The predicted molar refractivity (Wildman–Crippen MR) is 44.9 cm³/mol. The number of aliphatic hydroxyl groups is 1. The molecule has 0 aliphatic heterocycles. The maximum Gasteiger partial charge on any atom is 0.266 e. The maximum absolute atomic E-state index is 10.9. The number of aliphatic hydroxyl groups excluding tert-OH is 1. The van der Waals surface area contributed by atoms with E-state index in [1.165, 1.54) is 10.7 Å². The number of hydrogen-bond acceptors (Lipinski definition) is 3. The molecule has 1 heterocycles. The zero-order valence-electron chi connectivity index (χ0n) is 7.03. The van der Waals surface area contributed by atoms with Crippen molar-refractivity contribution < 1.29 is 5.11 Å².